The maximum Gasteiger partial charge on any atom is 0.175 e. The molecule has 2 heteroatoms. The molecule has 1 aromatic rings. The summed E-state index contributed by atoms with van der Waals surface area (Å²) in [4.78, 5) is 3.86. The summed E-state index contributed by atoms with van der Waals surface area (Å²) in [7, 11) is -1.59. The molecule has 1 aromatic carbocycles. The highest BCUT2D eigenvalue weighted by molar-refractivity contribution is 6.87. The smallest absolute Gasteiger partial charge is 0.175 e. The molecular weight excluding hydrogens is 258 g/mol. The lowest BCUT2D eigenvalue weighted by Crippen LogP contribution is -2.43. The predicted octanol–water partition coefficient (Wildman–Crippen LogP) is 5.06. The van der Waals surface area contributed by atoms with Crippen LogP contribution in [0.25, 0.3) is 0 Å². The Kier molecular flexibility index (Phi) is 3.59. The molecule has 0 aromatic heterocycles. The number of aryl methyl sites for hydroxylation is 1. The molecule has 2 aliphatic rings. The molecule has 0 heterocycles. The van der Waals surface area contributed by atoms with Crippen LogP contribution in [0.4, 0.5) is 5.69 Å². The summed E-state index contributed by atoms with van der Waals surface area (Å²) >= 11 is 0. The molecule has 1 nitrogen and oxygen atoms in total. The number of rotatable bonds is 3. The van der Waals surface area contributed by atoms with Gasteiger partial charge in [0.2, 0.25) is 0 Å². The molecule has 2 aliphatic carbocycles. The van der Waals surface area contributed by atoms with Crippen molar-refractivity contribution in [2.24, 2.45) is 11.8 Å². The van der Waals surface area contributed by atoms with Gasteiger partial charge < -0.3 is 4.98 Å². The lowest BCUT2D eigenvalue weighted by Gasteiger charge is -2.35. The maximum atomic E-state index is 3.86. The molecule has 2 atom stereocenters. The van der Waals surface area contributed by atoms with Crippen molar-refractivity contribution in [3.05, 3.63) is 53.3 Å². The van der Waals surface area contributed by atoms with E-state index in [-0.39, 0.29) is 0 Å². The van der Waals surface area contributed by atoms with Gasteiger partial charge in [0.15, 0.2) is 8.24 Å². The highest BCUT2D eigenvalue weighted by Gasteiger charge is 2.38. The molecule has 20 heavy (non-hydrogen) atoms. The second kappa shape index (κ2) is 5.25. The average molecular weight is 283 g/mol. The molecule has 0 spiro atoms. The third-order valence-electron chi connectivity index (χ3n) is 4.83. The van der Waals surface area contributed by atoms with Crippen LogP contribution < -0.4 is 4.98 Å². The van der Waals surface area contributed by atoms with Gasteiger partial charge in [-0.25, -0.2) is 0 Å². The molecule has 2 unspecified atom stereocenters. The van der Waals surface area contributed by atoms with Gasteiger partial charge in [-0.2, -0.15) is 0 Å². The Bertz CT molecular complexity index is 539. The Balaban J connectivity index is 1.82. The SMILES string of the molecule is Cc1ccc(N[Si](C)(C)C2=CC=CC3CCCC23)cc1. The highest BCUT2D eigenvalue weighted by Crippen LogP contribution is 2.43. The summed E-state index contributed by atoms with van der Waals surface area (Å²) in [5.74, 6) is 1.61. The second-order valence-electron chi connectivity index (χ2n) is 6.82. The molecule has 1 fully saturated rings. The standard InChI is InChI=1S/C18H25NSi/c1-14-10-12-16(13-11-14)19-20(2,3)18-9-5-7-15-6-4-8-17(15)18/h5,7,9-13,15,17,19H,4,6,8H2,1-3H3. The second-order valence-corrected chi connectivity index (χ2v) is 10.9. The molecule has 3 rings (SSSR count). The average Bonchev–Trinajstić information content (AvgIpc) is 2.89. The third kappa shape index (κ3) is 2.62. The topological polar surface area (TPSA) is 12.0 Å². The van der Waals surface area contributed by atoms with E-state index in [0.29, 0.717) is 0 Å². The van der Waals surface area contributed by atoms with E-state index < -0.39 is 8.24 Å². The zero-order chi connectivity index (χ0) is 14.2. The quantitative estimate of drug-likeness (QED) is 0.764. The van der Waals surface area contributed by atoms with Crippen molar-refractivity contribution >= 4 is 13.9 Å². The highest BCUT2D eigenvalue weighted by atomic mass is 28.3. The zero-order valence-electron chi connectivity index (χ0n) is 12.8. The van der Waals surface area contributed by atoms with Crippen LogP contribution >= 0.6 is 0 Å². The van der Waals surface area contributed by atoms with E-state index >= 15 is 0 Å². The Morgan fingerprint density at radius 2 is 1.85 bits per heavy atom. The summed E-state index contributed by atoms with van der Waals surface area (Å²) in [5.41, 5.74) is 2.60. The minimum atomic E-state index is -1.59. The van der Waals surface area contributed by atoms with E-state index in [1.807, 2.05) is 0 Å². The Hall–Kier alpha value is -1.28. The first-order valence-corrected chi connectivity index (χ1v) is 10.8. The third-order valence-corrected chi connectivity index (χ3v) is 7.73. The molecule has 0 aliphatic heterocycles. The predicted molar refractivity (Wildman–Crippen MR) is 90.3 cm³/mol. The summed E-state index contributed by atoms with van der Waals surface area (Å²) in [6, 6.07) is 8.82. The number of nitrogens with one attached hydrogen (secondary N) is 1. The number of benzene rings is 1. The monoisotopic (exact) mass is 283 g/mol. The number of fused-ring (bicyclic) bond motifs is 1. The number of hydrogen-bond donors (Lipinski definition) is 1. The van der Waals surface area contributed by atoms with Crippen LogP contribution in [-0.2, 0) is 0 Å². The van der Waals surface area contributed by atoms with Crippen molar-refractivity contribution in [3.8, 4) is 0 Å². The fourth-order valence-electron chi connectivity index (χ4n) is 3.77. The molecule has 1 N–H and O–H groups in total. The van der Waals surface area contributed by atoms with E-state index in [9.17, 15) is 0 Å². The number of allylic oxidation sites excluding steroid dienone is 4. The maximum absolute atomic E-state index is 3.86. The summed E-state index contributed by atoms with van der Waals surface area (Å²) in [5, 5.41) is 1.71. The van der Waals surface area contributed by atoms with Gasteiger partial charge in [0.25, 0.3) is 0 Å². The van der Waals surface area contributed by atoms with Gasteiger partial charge in [0.1, 0.15) is 0 Å². The Labute approximate surface area is 123 Å². The summed E-state index contributed by atoms with van der Waals surface area (Å²) in [6.07, 6.45) is 11.3. The molecular formula is C18H25NSi. The number of anilines is 1. The van der Waals surface area contributed by atoms with Crippen molar-refractivity contribution in [1.29, 1.82) is 0 Å². The van der Waals surface area contributed by atoms with Crippen molar-refractivity contribution in [2.75, 3.05) is 4.98 Å². The van der Waals surface area contributed by atoms with Gasteiger partial charge in [-0.15, -0.1) is 0 Å². The first-order chi connectivity index (χ1) is 9.56. The van der Waals surface area contributed by atoms with Crippen molar-refractivity contribution < 1.29 is 0 Å². The Morgan fingerprint density at radius 1 is 1.10 bits per heavy atom. The van der Waals surface area contributed by atoms with Crippen LogP contribution in [0.1, 0.15) is 24.8 Å². The minimum absolute atomic E-state index is 0.805. The normalized spacial score (nSPS) is 25.2. The van der Waals surface area contributed by atoms with Gasteiger partial charge in [0.05, 0.1) is 0 Å². The van der Waals surface area contributed by atoms with Crippen LogP contribution in [0.15, 0.2) is 47.7 Å². The van der Waals surface area contributed by atoms with E-state index in [4.69, 9.17) is 0 Å². The van der Waals surface area contributed by atoms with E-state index in [1.165, 1.54) is 30.5 Å². The van der Waals surface area contributed by atoms with E-state index in [2.05, 4.69) is 67.5 Å². The molecule has 0 bridgehead atoms. The summed E-state index contributed by atoms with van der Waals surface area (Å²) in [6.45, 7) is 7.05. The minimum Gasteiger partial charge on any atom is -0.407 e. The Morgan fingerprint density at radius 3 is 2.60 bits per heavy atom. The molecule has 0 amide bonds. The summed E-state index contributed by atoms with van der Waals surface area (Å²) < 4.78 is 0. The van der Waals surface area contributed by atoms with Crippen molar-refractivity contribution in [1.82, 2.24) is 0 Å². The van der Waals surface area contributed by atoms with Crippen molar-refractivity contribution in [2.45, 2.75) is 39.3 Å². The van der Waals surface area contributed by atoms with Crippen molar-refractivity contribution in [3.63, 3.8) is 0 Å². The lowest BCUT2D eigenvalue weighted by atomic mass is 9.91. The van der Waals surface area contributed by atoms with Crippen LogP contribution in [0.2, 0.25) is 13.1 Å². The fourth-order valence-corrected chi connectivity index (χ4v) is 6.60. The largest absolute Gasteiger partial charge is 0.407 e. The molecule has 106 valence electrons. The van der Waals surface area contributed by atoms with Gasteiger partial charge in [0, 0.05) is 5.69 Å². The van der Waals surface area contributed by atoms with Gasteiger partial charge in [-0.05, 0) is 56.8 Å². The van der Waals surface area contributed by atoms with Gasteiger partial charge >= 0.3 is 0 Å². The van der Waals surface area contributed by atoms with Gasteiger partial charge in [-0.3, -0.25) is 0 Å². The molecule has 0 saturated heterocycles. The van der Waals surface area contributed by atoms with Crippen LogP contribution in [0.3, 0.4) is 0 Å². The van der Waals surface area contributed by atoms with Crippen LogP contribution in [0, 0.1) is 18.8 Å². The zero-order valence-corrected chi connectivity index (χ0v) is 13.8. The fraction of sp³-hybridized carbons (Fsp3) is 0.444. The lowest BCUT2D eigenvalue weighted by molar-refractivity contribution is 0.538. The van der Waals surface area contributed by atoms with E-state index in [0.717, 1.165) is 11.8 Å². The molecule has 1 saturated carbocycles. The van der Waals surface area contributed by atoms with Gasteiger partial charge in [-0.1, -0.05) is 47.5 Å². The van der Waals surface area contributed by atoms with E-state index in [1.54, 1.807) is 5.20 Å². The number of hydrogen-bond acceptors (Lipinski definition) is 1. The molecule has 0 radical (unpaired) electrons. The first kappa shape index (κ1) is 13.7. The first-order valence-electron chi connectivity index (χ1n) is 7.80. The van der Waals surface area contributed by atoms with Crippen LogP contribution in [0.5, 0.6) is 0 Å². The van der Waals surface area contributed by atoms with Crippen LogP contribution in [-0.4, -0.2) is 8.24 Å².